The smallest absolute Gasteiger partial charge is 0.170 e. The summed E-state index contributed by atoms with van der Waals surface area (Å²) in [5, 5.41) is 4.83. The number of aryl methyl sites for hydroxylation is 1. The van der Waals surface area contributed by atoms with Gasteiger partial charge in [0.05, 0.1) is 5.69 Å². The Morgan fingerprint density at radius 1 is 1.21 bits per heavy atom. The van der Waals surface area contributed by atoms with Gasteiger partial charge in [0.2, 0.25) is 0 Å². The predicted octanol–water partition coefficient (Wildman–Crippen LogP) is 4.00. The van der Waals surface area contributed by atoms with E-state index in [2.05, 4.69) is 4.99 Å². The first-order chi connectivity index (χ1) is 6.75. The molecule has 0 aliphatic rings. The standard InChI is InChI=1S/C10H8ClNS2/c1-7-6-8(11)2-3-9(7)12-10-13-4-5-14-10/h2-6H,1H3. The Hall–Kier alpha value is -0.640. The summed E-state index contributed by atoms with van der Waals surface area (Å²) in [6.07, 6.45) is 0. The third kappa shape index (κ3) is 2.23. The van der Waals surface area contributed by atoms with Gasteiger partial charge < -0.3 is 0 Å². The van der Waals surface area contributed by atoms with Crippen molar-refractivity contribution in [2.24, 2.45) is 4.99 Å². The molecule has 2 aromatic rings. The third-order valence-corrected chi connectivity index (χ3v) is 3.88. The molecule has 1 aromatic carbocycles. The largest absolute Gasteiger partial charge is 0.227 e. The van der Waals surface area contributed by atoms with Crippen molar-refractivity contribution < 1.29 is 0 Å². The van der Waals surface area contributed by atoms with Gasteiger partial charge in [0.1, 0.15) is 0 Å². The summed E-state index contributed by atoms with van der Waals surface area (Å²) >= 11 is 9.16. The Bertz CT molecular complexity index is 482. The number of benzene rings is 1. The lowest BCUT2D eigenvalue weighted by Gasteiger charge is -1.98. The van der Waals surface area contributed by atoms with Crippen LogP contribution in [-0.4, -0.2) is 0 Å². The zero-order valence-corrected chi connectivity index (χ0v) is 9.92. The zero-order chi connectivity index (χ0) is 9.97. The molecule has 1 aromatic heterocycles. The quantitative estimate of drug-likeness (QED) is 0.716. The van der Waals surface area contributed by atoms with E-state index in [0.29, 0.717) is 0 Å². The first-order valence-corrected chi connectivity index (χ1v) is 6.22. The Labute approximate surface area is 95.3 Å². The number of hydrogen-bond donors (Lipinski definition) is 0. The molecule has 0 saturated carbocycles. The van der Waals surface area contributed by atoms with Crippen molar-refractivity contribution in [3.05, 3.63) is 43.5 Å². The molecular formula is C10H8ClNS2. The van der Waals surface area contributed by atoms with E-state index >= 15 is 0 Å². The average molecular weight is 242 g/mol. The van der Waals surface area contributed by atoms with E-state index in [1.807, 2.05) is 35.9 Å². The van der Waals surface area contributed by atoms with Crippen LogP contribution in [0.5, 0.6) is 0 Å². The van der Waals surface area contributed by atoms with E-state index in [0.717, 1.165) is 20.3 Å². The van der Waals surface area contributed by atoms with Crippen LogP contribution in [0.1, 0.15) is 5.56 Å². The third-order valence-electron chi connectivity index (χ3n) is 1.76. The molecule has 14 heavy (non-hydrogen) atoms. The van der Waals surface area contributed by atoms with Crippen LogP contribution in [-0.2, 0) is 0 Å². The fraction of sp³-hybridized carbons (Fsp3) is 0.100. The Morgan fingerprint density at radius 3 is 2.57 bits per heavy atom. The van der Waals surface area contributed by atoms with Crippen LogP contribution in [0.2, 0.25) is 5.02 Å². The fourth-order valence-electron chi connectivity index (χ4n) is 1.10. The summed E-state index contributed by atoms with van der Waals surface area (Å²) in [7, 11) is 0. The monoisotopic (exact) mass is 241 g/mol. The summed E-state index contributed by atoms with van der Waals surface area (Å²) in [6.45, 7) is 2.02. The Balaban J connectivity index is 2.49. The lowest BCUT2D eigenvalue weighted by atomic mass is 10.2. The molecule has 0 fully saturated rings. The van der Waals surface area contributed by atoms with Crippen LogP contribution >= 0.6 is 34.3 Å². The Morgan fingerprint density at radius 2 is 1.93 bits per heavy atom. The normalized spacial score (nSPS) is 10.1. The molecule has 0 aliphatic carbocycles. The topological polar surface area (TPSA) is 12.4 Å². The molecule has 0 radical (unpaired) electrons. The Kier molecular flexibility index (Phi) is 3.01. The van der Waals surface area contributed by atoms with E-state index in [1.54, 1.807) is 22.7 Å². The SMILES string of the molecule is Cc1cc(Cl)ccc1N=c1sccs1. The lowest BCUT2D eigenvalue weighted by molar-refractivity contribution is 1.36. The number of rotatable bonds is 1. The van der Waals surface area contributed by atoms with Gasteiger partial charge in [0, 0.05) is 15.8 Å². The number of halogens is 1. The highest BCUT2D eigenvalue weighted by atomic mass is 35.5. The van der Waals surface area contributed by atoms with Gasteiger partial charge >= 0.3 is 0 Å². The van der Waals surface area contributed by atoms with E-state index in [4.69, 9.17) is 11.6 Å². The predicted molar refractivity (Wildman–Crippen MR) is 63.6 cm³/mol. The molecule has 0 amide bonds. The lowest BCUT2D eigenvalue weighted by Crippen LogP contribution is -1.85. The first-order valence-electron chi connectivity index (χ1n) is 4.09. The number of hydrogen-bond acceptors (Lipinski definition) is 3. The van der Waals surface area contributed by atoms with E-state index < -0.39 is 0 Å². The van der Waals surface area contributed by atoms with Gasteiger partial charge in [0.25, 0.3) is 0 Å². The van der Waals surface area contributed by atoms with Crippen molar-refractivity contribution in [2.75, 3.05) is 0 Å². The van der Waals surface area contributed by atoms with Gasteiger partial charge in [-0.2, -0.15) is 0 Å². The average Bonchev–Trinajstić information content (AvgIpc) is 2.62. The highest BCUT2D eigenvalue weighted by Gasteiger charge is 1.96. The molecule has 0 saturated heterocycles. The van der Waals surface area contributed by atoms with Gasteiger partial charge in [-0.05, 0) is 30.7 Å². The van der Waals surface area contributed by atoms with Crippen LogP contribution in [0.15, 0.2) is 34.0 Å². The summed E-state index contributed by atoms with van der Waals surface area (Å²) in [5.74, 6) is 0. The van der Waals surface area contributed by atoms with E-state index in [9.17, 15) is 0 Å². The maximum Gasteiger partial charge on any atom is 0.170 e. The first kappa shape index (κ1) is 9.90. The highest BCUT2D eigenvalue weighted by molar-refractivity contribution is 7.24. The van der Waals surface area contributed by atoms with Crippen molar-refractivity contribution >= 4 is 40.0 Å². The molecule has 1 heterocycles. The van der Waals surface area contributed by atoms with E-state index in [1.165, 1.54) is 0 Å². The molecule has 2 rings (SSSR count). The van der Waals surface area contributed by atoms with Gasteiger partial charge in [-0.1, -0.05) is 11.6 Å². The minimum absolute atomic E-state index is 0.760. The molecule has 0 aliphatic heterocycles. The maximum atomic E-state index is 5.86. The second kappa shape index (κ2) is 4.26. The second-order valence-electron chi connectivity index (χ2n) is 2.82. The van der Waals surface area contributed by atoms with Crippen LogP contribution in [0.3, 0.4) is 0 Å². The molecular weight excluding hydrogens is 234 g/mol. The van der Waals surface area contributed by atoms with Crippen LogP contribution in [0.4, 0.5) is 5.69 Å². The van der Waals surface area contributed by atoms with Crippen molar-refractivity contribution in [1.82, 2.24) is 0 Å². The molecule has 0 spiro atoms. The molecule has 0 bridgehead atoms. The molecule has 4 heteroatoms. The molecule has 0 atom stereocenters. The van der Waals surface area contributed by atoms with Gasteiger partial charge in [-0.3, -0.25) is 0 Å². The van der Waals surface area contributed by atoms with Crippen LogP contribution in [0, 0.1) is 6.92 Å². The minimum Gasteiger partial charge on any atom is -0.227 e. The minimum atomic E-state index is 0.760. The highest BCUT2D eigenvalue weighted by Crippen LogP contribution is 2.21. The van der Waals surface area contributed by atoms with Crippen LogP contribution in [0.25, 0.3) is 0 Å². The van der Waals surface area contributed by atoms with Crippen molar-refractivity contribution in [1.29, 1.82) is 0 Å². The van der Waals surface area contributed by atoms with E-state index in [-0.39, 0.29) is 0 Å². The van der Waals surface area contributed by atoms with Gasteiger partial charge in [-0.25, -0.2) is 4.99 Å². The summed E-state index contributed by atoms with van der Waals surface area (Å²) in [5.41, 5.74) is 2.10. The summed E-state index contributed by atoms with van der Waals surface area (Å²) < 4.78 is 1.07. The van der Waals surface area contributed by atoms with Crippen molar-refractivity contribution in [2.45, 2.75) is 6.92 Å². The fourth-order valence-corrected chi connectivity index (χ4v) is 2.86. The molecule has 0 N–H and O–H groups in total. The second-order valence-corrected chi connectivity index (χ2v) is 5.30. The maximum absolute atomic E-state index is 5.86. The number of nitrogens with zero attached hydrogens (tertiary/aromatic N) is 1. The molecule has 0 unspecified atom stereocenters. The molecule has 72 valence electrons. The van der Waals surface area contributed by atoms with Gasteiger partial charge in [0.15, 0.2) is 3.98 Å². The molecule has 1 nitrogen and oxygen atoms in total. The van der Waals surface area contributed by atoms with Crippen molar-refractivity contribution in [3.8, 4) is 0 Å². The summed E-state index contributed by atoms with van der Waals surface area (Å²) in [4.78, 5) is 4.52. The van der Waals surface area contributed by atoms with Crippen molar-refractivity contribution in [3.63, 3.8) is 0 Å². The summed E-state index contributed by atoms with van der Waals surface area (Å²) in [6, 6.07) is 5.74. The van der Waals surface area contributed by atoms with Crippen LogP contribution < -0.4 is 3.98 Å². The van der Waals surface area contributed by atoms with Gasteiger partial charge in [-0.15, -0.1) is 22.7 Å². The zero-order valence-electron chi connectivity index (χ0n) is 7.53.